The number of aldehydes is 1. The van der Waals surface area contributed by atoms with Crippen molar-refractivity contribution in [2.24, 2.45) is 0 Å². The van der Waals surface area contributed by atoms with Crippen molar-refractivity contribution in [3.05, 3.63) is 21.9 Å². The van der Waals surface area contributed by atoms with Crippen LogP contribution in [0.5, 0.6) is 5.75 Å². The topological polar surface area (TPSA) is 66.8 Å². The third-order valence-corrected chi connectivity index (χ3v) is 2.66. The van der Waals surface area contributed by atoms with Crippen molar-refractivity contribution in [3.63, 3.8) is 0 Å². The lowest BCUT2D eigenvalue weighted by atomic mass is 9.79. The molecule has 0 amide bonds. The zero-order valence-corrected chi connectivity index (χ0v) is 9.28. The molecule has 0 fully saturated rings. The number of benzene rings is 1. The summed E-state index contributed by atoms with van der Waals surface area (Å²) in [5.41, 5.74) is -0.713. The maximum Gasteiger partial charge on any atom is 0.491 e. The SMILES string of the molecule is COc1cc(B(O)O)c(F)c(C=O)c1Br. The van der Waals surface area contributed by atoms with Gasteiger partial charge < -0.3 is 14.8 Å². The summed E-state index contributed by atoms with van der Waals surface area (Å²) in [6.07, 6.45) is 0.272. The van der Waals surface area contributed by atoms with Crippen LogP contribution in [0.25, 0.3) is 0 Å². The minimum absolute atomic E-state index is 0.141. The molecule has 15 heavy (non-hydrogen) atoms. The van der Waals surface area contributed by atoms with Crippen LogP contribution < -0.4 is 10.2 Å². The Morgan fingerprint density at radius 3 is 2.60 bits per heavy atom. The van der Waals surface area contributed by atoms with Crippen LogP contribution in [0.4, 0.5) is 4.39 Å². The molecule has 0 bridgehead atoms. The van der Waals surface area contributed by atoms with Gasteiger partial charge in [-0.3, -0.25) is 4.79 Å². The second-order valence-corrected chi connectivity index (χ2v) is 3.49. The quantitative estimate of drug-likeness (QED) is 0.607. The van der Waals surface area contributed by atoms with Crippen molar-refractivity contribution in [3.8, 4) is 5.75 Å². The van der Waals surface area contributed by atoms with Gasteiger partial charge in [-0.25, -0.2) is 4.39 Å². The molecular formula is C8H7BBrFO4. The Labute approximate surface area is 94.0 Å². The fourth-order valence-electron chi connectivity index (χ4n) is 1.09. The Morgan fingerprint density at radius 2 is 2.20 bits per heavy atom. The average molecular weight is 277 g/mol. The van der Waals surface area contributed by atoms with Gasteiger partial charge in [0.1, 0.15) is 11.6 Å². The van der Waals surface area contributed by atoms with Crippen LogP contribution >= 0.6 is 15.9 Å². The Hall–Kier alpha value is -0.915. The highest BCUT2D eigenvalue weighted by Gasteiger charge is 2.23. The van der Waals surface area contributed by atoms with Gasteiger partial charge in [-0.15, -0.1) is 0 Å². The first-order valence-corrected chi connectivity index (χ1v) is 4.69. The highest BCUT2D eigenvalue weighted by molar-refractivity contribution is 9.10. The molecule has 0 saturated carbocycles. The maximum atomic E-state index is 13.5. The van der Waals surface area contributed by atoms with Crippen LogP contribution in [0.3, 0.4) is 0 Å². The van der Waals surface area contributed by atoms with Crippen molar-refractivity contribution in [2.75, 3.05) is 7.11 Å². The standard InChI is InChI=1S/C8H7BBrFO4/c1-15-6-2-5(9(13)14)8(11)4(3-12)7(6)10/h2-3,13-14H,1H3. The molecule has 1 rings (SSSR count). The van der Waals surface area contributed by atoms with E-state index in [1.807, 2.05) is 0 Å². The molecule has 0 radical (unpaired) electrons. The van der Waals surface area contributed by atoms with Crippen molar-refractivity contribution in [2.45, 2.75) is 0 Å². The highest BCUT2D eigenvalue weighted by Crippen LogP contribution is 2.28. The Morgan fingerprint density at radius 1 is 1.60 bits per heavy atom. The second-order valence-electron chi connectivity index (χ2n) is 2.70. The summed E-state index contributed by atoms with van der Waals surface area (Å²) in [5.74, 6) is -0.825. The molecule has 0 atom stereocenters. The van der Waals surface area contributed by atoms with Gasteiger partial charge in [0.15, 0.2) is 6.29 Å². The first-order chi connectivity index (χ1) is 7.02. The van der Waals surface area contributed by atoms with E-state index in [1.165, 1.54) is 7.11 Å². The lowest BCUT2D eigenvalue weighted by Gasteiger charge is -2.10. The van der Waals surface area contributed by atoms with Gasteiger partial charge >= 0.3 is 7.12 Å². The summed E-state index contributed by atoms with van der Waals surface area (Å²) < 4.78 is 18.4. The van der Waals surface area contributed by atoms with Crippen LogP contribution in [0.15, 0.2) is 10.5 Å². The Bertz CT molecular complexity index is 397. The number of halogens is 2. The molecule has 1 aromatic carbocycles. The summed E-state index contributed by atoms with van der Waals surface area (Å²) in [7, 11) is -0.675. The zero-order valence-electron chi connectivity index (χ0n) is 7.70. The molecule has 80 valence electrons. The Balaban J connectivity index is 3.51. The number of carbonyl (C=O) groups excluding carboxylic acids is 1. The van der Waals surface area contributed by atoms with E-state index in [-0.39, 0.29) is 22.1 Å². The molecule has 0 spiro atoms. The highest BCUT2D eigenvalue weighted by atomic mass is 79.9. The van der Waals surface area contributed by atoms with Crippen LogP contribution in [-0.4, -0.2) is 30.6 Å². The lowest BCUT2D eigenvalue weighted by molar-refractivity contribution is 0.111. The number of hydrogen-bond acceptors (Lipinski definition) is 4. The number of hydrogen-bond donors (Lipinski definition) is 2. The average Bonchev–Trinajstić information content (AvgIpc) is 2.18. The van der Waals surface area contributed by atoms with E-state index in [0.29, 0.717) is 0 Å². The predicted octanol–water partition coefficient (Wildman–Crippen LogP) is 0.0891. The molecule has 0 aromatic heterocycles. The van der Waals surface area contributed by atoms with Gasteiger partial charge in [-0.1, -0.05) is 0 Å². The van der Waals surface area contributed by atoms with Crippen LogP contribution in [-0.2, 0) is 0 Å². The second kappa shape index (κ2) is 4.74. The van der Waals surface area contributed by atoms with Gasteiger partial charge in [0.05, 0.1) is 17.1 Å². The molecule has 0 aliphatic rings. The number of ether oxygens (including phenoxy) is 1. The first-order valence-electron chi connectivity index (χ1n) is 3.90. The molecule has 0 heterocycles. The fourth-order valence-corrected chi connectivity index (χ4v) is 1.64. The molecule has 4 nitrogen and oxygen atoms in total. The molecule has 0 aliphatic carbocycles. The molecular weight excluding hydrogens is 270 g/mol. The summed E-state index contributed by atoms with van der Waals surface area (Å²) >= 11 is 2.98. The molecule has 2 N–H and O–H groups in total. The molecule has 0 saturated heterocycles. The van der Waals surface area contributed by atoms with E-state index >= 15 is 0 Å². The third kappa shape index (κ3) is 2.19. The smallest absolute Gasteiger partial charge is 0.491 e. The third-order valence-electron chi connectivity index (χ3n) is 1.85. The Kier molecular flexibility index (Phi) is 3.84. The molecule has 0 unspecified atom stereocenters. The van der Waals surface area contributed by atoms with Gasteiger partial charge in [-0.05, 0) is 22.0 Å². The van der Waals surface area contributed by atoms with E-state index in [0.717, 1.165) is 6.07 Å². The molecule has 0 aliphatic heterocycles. The van der Waals surface area contributed by atoms with E-state index in [2.05, 4.69) is 15.9 Å². The lowest BCUT2D eigenvalue weighted by Crippen LogP contribution is -2.34. The minimum Gasteiger partial charge on any atom is -0.496 e. The summed E-state index contributed by atoms with van der Waals surface area (Å²) in [6, 6.07) is 1.11. The van der Waals surface area contributed by atoms with Gasteiger partial charge in [0.25, 0.3) is 0 Å². The van der Waals surface area contributed by atoms with Crippen molar-refractivity contribution in [1.29, 1.82) is 0 Å². The summed E-state index contributed by atoms with van der Waals surface area (Å²) in [5, 5.41) is 17.7. The van der Waals surface area contributed by atoms with Gasteiger partial charge in [0.2, 0.25) is 0 Å². The van der Waals surface area contributed by atoms with E-state index in [9.17, 15) is 9.18 Å². The number of carbonyl (C=O) groups is 1. The van der Waals surface area contributed by atoms with Crippen molar-refractivity contribution in [1.82, 2.24) is 0 Å². The van der Waals surface area contributed by atoms with Crippen LogP contribution in [0.2, 0.25) is 0 Å². The van der Waals surface area contributed by atoms with E-state index in [1.54, 1.807) is 0 Å². The van der Waals surface area contributed by atoms with Crippen molar-refractivity contribution >= 4 is 34.8 Å². The number of rotatable bonds is 3. The normalized spacial score (nSPS) is 9.93. The van der Waals surface area contributed by atoms with Crippen LogP contribution in [0, 0.1) is 5.82 Å². The predicted molar refractivity (Wildman–Crippen MR) is 55.9 cm³/mol. The van der Waals surface area contributed by atoms with E-state index < -0.39 is 18.4 Å². The van der Waals surface area contributed by atoms with Crippen molar-refractivity contribution < 1.29 is 24.0 Å². The monoisotopic (exact) mass is 276 g/mol. The van der Waals surface area contributed by atoms with Gasteiger partial charge in [0, 0.05) is 5.46 Å². The fraction of sp³-hybridized carbons (Fsp3) is 0.125. The molecule has 7 heteroatoms. The summed E-state index contributed by atoms with van der Waals surface area (Å²) in [4.78, 5) is 10.6. The first kappa shape index (κ1) is 12.2. The molecule has 1 aromatic rings. The minimum atomic E-state index is -1.99. The van der Waals surface area contributed by atoms with Gasteiger partial charge in [-0.2, -0.15) is 0 Å². The number of methoxy groups -OCH3 is 1. The van der Waals surface area contributed by atoms with E-state index in [4.69, 9.17) is 14.8 Å². The summed E-state index contributed by atoms with van der Waals surface area (Å²) in [6.45, 7) is 0. The largest absolute Gasteiger partial charge is 0.496 e. The maximum absolute atomic E-state index is 13.5. The zero-order chi connectivity index (χ0) is 11.6. The van der Waals surface area contributed by atoms with Crippen LogP contribution in [0.1, 0.15) is 10.4 Å².